The second-order valence-electron chi connectivity index (χ2n) is 4.07. The summed E-state index contributed by atoms with van der Waals surface area (Å²) in [7, 11) is 1.59. The van der Waals surface area contributed by atoms with Crippen molar-refractivity contribution in [2.24, 2.45) is 0 Å². The Balaban J connectivity index is 1.83. The summed E-state index contributed by atoms with van der Waals surface area (Å²) in [6, 6.07) is 5.80. The van der Waals surface area contributed by atoms with Crippen molar-refractivity contribution in [2.75, 3.05) is 25.9 Å². The third-order valence-corrected chi connectivity index (χ3v) is 2.54. The molecule has 0 bridgehead atoms. The summed E-state index contributed by atoms with van der Waals surface area (Å²) in [5.74, 6) is -0.232. The molecule has 0 spiro atoms. The Kier molecular flexibility index (Phi) is 4.14. The van der Waals surface area contributed by atoms with Gasteiger partial charge in [-0.1, -0.05) is 6.07 Å². The van der Waals surface area contributed by atoms with E-state index >= 15 is 0 Å². The van der Waals surface area contributed by atoms with Crippen LogP contribution in [0.1, 0.15) is 10.6 Å². The lowest BCUT2D eigenvalue weighted by molar-refractivity contribution is 0.0762. The molecule has 8 heteroatoms. The summed E-state index contributed by atoms with van der Waals surface area (Å²) in [4.78, 5) is 17.0. The molecular weight excluding hydrogens is 265 g/mol. The molecule has 7 nitrogen and oxygen atoms in total. The molecule has 1 aromatic heterocycles. The summed E-state index contributed by atoms with van der Waals surface area (Å²) in [6.07, 6.45) is 0. The second kappa shape index (κ2) is 6.00. The highest BCUT2D eigenvalue weighted by Crippen LogP contribution is 2.11. The summed E-state index contributed by atoms with van der Waals surface area (Å²) in [5, 5.41) is 6.01. The van der Waals surface area contributed by atoms with Gasteiger partial charge in [0.05, 0.1) is 6.54 Å². The van der Waals surface area contributed by atoms with Crippen LogP contribution in [0.25, 0.3) is 0 Å². The number of likely N-dealkylation sites (N-methyl/N-ethyl adjacent to an activating group) is 1. The minimum absolute atomic E-state index is 0.0118. The summed E-state index contributed by atoms with van der Waals surface area (Å²) < 4.78 is 18.3. The first-order valence-electron chi connectivity index (χ1n) is 5.88. The van der Waals surface area contributed by atoms with Gasteiger partial charge in [-0.2, -0.15) is 4.98 Å². The number of rotatable bonds is 5. The highest BCUT2D eigenvalue weighted by molar-refractivity contribution is 5.90. The molecular formula is C12H14FN5O2. The van der Waals surface area contributed by atoms with Crippen LogP contribution in [0, 0.1) is 5.82 Å². The van der Waals surface area contributed by atoms with Crippen LogP contribution < -0.4 is 10.5 Å². The number of H-pyrrole nitrogens is 1. The number of nitrogens with two attached hydrogens (primary N) is 1. The van der Waals surface area contributed by atoms with Gasteiger partial charge < -0.3 is 15.4 Å². The maximum Gasteiger partial charge on any atom is 0.291 e. The molecule has 0 aliphatic carbocycles. The summed E-state index contributed by atoms with van der Waals surface area (Å²) in [5.41, 5.74) is 5.32. The smallest absolute Gasteiger partial charge is 0.291 e. The lowest BCUT2D eigenvalue weighted by Gasteiger charge is -2.15. The maximum atomic E-state index is 12.9. The van der Waals surface area contributed by atoms with E-state index in [1.807, 2.05) is 0 Å². The van der Waals surface area contributed by atoms with Gasteiger partial charge in [0, 0.05) is 13.1 Å². The standard InChI is InChI=1S/C12H14FN5O2/c1-18(11(19)10-15-12(14)17-16-10)5-6-20-9-4-2-3-8(13)7-9/h2-4,7H,5-6H2,1H3,(H3,14,15,16,17). The number of carbonyl (C=O) groups excluding carboxylic acids is 1. The highest BCUT2D eigenvalue weighted by Gasteiger charge is 2.15. The SMILES string of the molecule is CN(CCOc1cccc(F)c1)C(=O)c1nc(N)n[nH]1. The van der Waals surface area contributed by atoms with E-state index in [0.29, 0.717) is 12.3 Å². The van der Waals surface area contributed by atoms with Crippen LogP contribution in [0.3, 0.4) is 0 Å². The largest absolute Gasteiger partial charge is 0.492 e. The number of amides is 1. The Bertz CT molecular complexity index is 601. The van der Waals surface area contributed by atoms with Crippen LogP contribution in [-0.4, -0.2) is 46.2 Å². The molecule has 1 heterocycles. The molecule has 0 aliphatic heterocycles. The quantitative estimate of drug-likeness (QED) is 0.838. The van der Waals surface area contributed by atoms with Crippen molar-refractivity contribution < 1.29 is 13.9 Å². The van der Waals surface area contributed by atoms with Gasteiger partial charge in [0.2, 0.25) is 11.8 Å². The fourth-order valence-electron chi connectivity index (χ4n) is 1.51. The summed E-state index contributed by atoms with van der Waals surface area (Å²) in [6.45, 7) is 0.547. The van der Waals surface area contributed by atoms with E-state index in [1.54, 1.807) is 19.2 Å². The van der Waals surface area contributed by atoms with Gasteiger partial charge in [-0.15, -0.1) is 5.10 Å². The molecule has 0 radical (unpaired) electrons. The van der Waals surface area contributed by atoms with Crippen molar-refractivity contribution in [3.8, 4) is 5.75 Å². The Morgan fingerprint density at radius 1 is 1.55 bits per heavy atom. The Morgan fingerprint density at radius 3 is 3.00 bits per heavy atom. The normalized spacial score (nSPS) is 10.3. The van der Waals surface area contributed by atoms with E-state index in [9.17, 15) is 9.18 Å². The first-order valence-corrected chi connectivity index (χ1v) is 5.88. The van der Waals surface area contributed by atoms with Crippen molar-refractivity contribution in [2.45, 2.75) is 0 Å². The fourth-order valence-corrected chi connectivity index (χ4v) is 1.51. The van der Waals surface area contributed by atoms with Crippen molar-refractivity contribution in [1.29, 1.82) is 0 Å². The second-order valence-corrected chi connectivity index (χ2v) is 4.07. The maximum absolute atomic E-state index is 12.9. The number of nitrogens with zero attached hydrogens (tertiary/aromatic N) is 3. The molecule has 20 heavy (non-hydrogen) atoms. The third-order valence-electron chi connectivity index (χ3n) is 2.54. The third kappa shape index (κ3) is 3.44. The molecule has 1 aromatic carbocycles. The lowest BCUT2D eigenvalue weighted by atomic mass is 10.3. The Morgan fingerprint density at radius 2 is 2.35 bits per heavy atom. The van der Waals surface area contributed by atoms with Crippen molar-refractivity contribution >= 4 is 11.9 Å². The number of anilines is 1. The number of ether oxygens (including phenoxy) is 1. The number of hydrogen-bond donors (Lipinski definition) is 2. The van der Waals surface area contributed by atoms with Gasteiger partial charge in [-0.25, -0.2) is 4.39 Å². The fraction of sp³-hybridized carbons (Fsp3) is 0.250. The van der Waals surface area contributed by atoms with Crippen LogP contribution in [0.5, 0.6) is 5.75 Å². The van der Waals surface area contributed by atoms with Crippen molar-refractivity contribution in [1.82, 2.24) is 20.1 Å². The average molecular weight is 279 g/mol. The van der Waals surface area contributed by atoms with E-state index in [1.165, 1.54) is 17.0 Å². The molecule has 3 N–H and O–H groups in total. The molecule has 2 aromatic rings. The first kappa shape index (κ1) is 13.8. The molecule has 1 amide bonds. The number of aromatic nitrogens is 3. The van der Waals surface area contributed by atoms with Crippen LogP contribution in [0.2, 0.25) is 0 Å². The zero-order chi connectivity index (χ0) is 14.5. The Labute approximate surface area is 114 Å². The van der Waals surface area contributed by atoms with E-state index in [-0.39, 0.29) is 30.1 Å². The molecule has 0 fully saturated rings. The van der Waals surface area contributed by atoms with Gasteiger partial charge in [0.25, 0.3) is 5.91 Å². The minimum Gasteiger partial charge on any atom is -0.492 e. The van der Waals surface area contributed by atoms with Crippen LogP contribution in [-0.2, 0) is 0 Å². The van der Waals surface area contributed by atoms with Crippen molar-refractivity contribution in [3.63, 3.8) is 0 Å². The number of benzene rings is 1. The minimum atomic E-state index is -0.371. The van der Waals surface area contributed by atoms with E-state index in [4.69, 9.17) is 10.5 Å². The highest BCUT2D eigenvalue weighted by atomic mass is 19.1. The van der Waals surface area contributed by atoms with Gasteiger partial charge in [0.15, 0.2) is 0 Å². The molecule has 2 rings (SSSR count). The average Bonchev–Trinajstić information content (AvgIpc) is 2.84. The molecule has 0 aliphatic rings. The monoisotopic (exact) mass is 279 g/mol. The van der Waals surface area contributed by atoms with Crippen LogP contribution in [0.4, 0.5) is 10.3 Å². The molecule has 0 unspecified atom stereocenters. The van der Waals surface area contributed by atoms with Gasteiger partial charge >= 0.3 is 0 Å². The van der Waals surface area contributed by atoms with Gasteiger partial charge in [-0.3, -0.25) is 9.89 Å². The number of nitrogens with one attached hydrogen (secondary N) is 1. The molecule has 0 atom stereocenters. The zero-order valence-electron chi connectivity index (χ0n) is 10.8. The number of carbonyl (C=O) groups is 1. The zero-order valence-corrected chi connectivity index (χ0v) is 10.8. The first-order chi connectivity index (χ1) is 9.56. The molecule has 0 saturated carbocycles. The number of nitrogen functional groups attached to an aromatic ring is 1. The van der Waals surface area contributed by atoms with E-state index < -0.39 is 0 Å². The predicted octanol–water partition coefficient (Wildman–Crippen LogP) is 0.677. The van der Waals surface area contributed by atoms with E-state index in [2.05, 4.69) is 15.2 Å². The van der Waals surface area contributed by atoms with Gasteiger partial charge in [0.1, 0.15) is 18.2 Å². The number of halogens is 1. The van der Waals surface area contributed by atoms with Crippen LogP contribution in [0.15, 0.2) is 24.3 Å². The lowest BCUT2D eigenvalue weighted by Crippen LogP contribution is -2.31. The topological polar surface area (TPSA) is 97.1 Å². The van der Waals surface area contributed by atoms with Crippen LogP contribution >= 0.6 is 0 Å². The number of hydrogen-bond acceptors (Lipinski definition) is 5. The molecule has 106 valence electrons. The molecule has 0 saturated heterocycles. The van der Waals surface area contributed by atoms with Gasteiger partial charge in [-0.05, 0) is 12.1 Å². The number of aromatic amines is 1. The van der Waals surface area contributed by atoms with Crippen molar-refractivity contribution in [3.05, 3.63) is 35.9 Å². The Hall–Kier alpha value is -2.64. The summed E-state index contributed by atoms with van der Waals surface area (Å²) >= 11 is 0. The van der Waals surface area contributed by atoms with E-state index in [0.717, 1.165) is 0 Å². The predicted molar refractivity (Wildman–Crippen MR) is 69.7 cm³/mol.